The molecule has 0 spiro atoms. The Kier molecular flexibility index (Phi) is 10.2. The summed E-state index contributed by atoms with van der Waals surface area (Å²) in [6, 6.07) is 22.8. The van der Waals surface area contributed by atoms with Crippen LogP contribution in [-0.4, -0.2) is 34.0 Å². The minimum absolute atomic E-state index is 0.000677. The maximum absolute atomic E-state index is 13.3. The average Bonchev–Trinajstić information content (AvgIpc) is 3.50. The number of halogens is 1. The Morgan fingerprint density at radius 2 is 1.71 bits per heavy atom. The normalized spacial score (nSPS) is 11.8. The maximum atomic E-state index is 13.3. The highest BCUT2D eigenvalue weighted by molar-refractivity contribution is 8.00. The van der Waals surface area contributed by atoms with Crippen molar-refractivity contribution in [3.63, 3.8) is 0 Å². The van der Waals surface area contributed by atoms with Crippen LogP contribution in [0.5, 0.6) is 0 Å². The molecule has 4 N–H and O–H groups in total. The summed E-state index contributed by atoms with van der Waals surface area (Å²) in [4.78, 5) is 51.1. The number of thioether (sulfide) groups is 1. The summed E-state index contributed by atoms with van der Waals surface area (Å²) in [6.07, 6.45) is 3.35. The summed E-state index contributed by atoms with van der Waals surface area (Å²) in [7, 11) is 0. The molecule has 0 aliphatic rings. The lowest BCUT2D eigenvalue weighted by Gasteiger charge is -2.16. The van der Waals surface area contributed by atoms with Gasteiger partial charge in [-0.3, -0.25) is 14.4 Å². The van der Waals surface area contributed by atoms with Crippen LogP contribution in [0.15, 0.2) is 106 Å². The molecule has 3 amide bonds. The van der Waals surface area contributed by atoms with Crippen molar-refractivity contribution in [1.82, 2.24) is 5.32 Å². The lowest BCUT2D eigenvalue weighted by atomic mass is 10.2. The number of benzene rings is 3. The van der Waals surface area contributed by atoms with E-state index in [1.807, 2.05) is 6.92 Å². The van der Waals surface area contributed by atoms with Crippen LogP contribution in [0.1, 0.15) is 39.8 Å². The first kappa shape index (κ1) is 30.2. The van der Waals surface area contributed by atoms with E-state index < -0.39 is 23.0 Å². The molecule has 0 radical (unpaired) electrons. The first-order valence-corrected chi connectivity index (χ1v) is 14.0. The Hall–Kier alpha value is -4.80. The minimum atomic E-state index is -1.13. The third-order valence-corrected chi connectivity index (χ3v) is 7.55. The fraction of sp³-hybridized carbons (Fsp3) is 0.0968. The van der Waals surface area contributed by atoms with Gasteiger partial charge in [0.05, 0.1) is 27.8 Å². The Labute approximate surface area is 251 Å². The van der Waals surface area contributed by atoms with E-state index in [1.165, 1.54) is 42.3 Å². The number of carboxylic acids is 1. The SMILES string of the molecule is CCC(Sc1cccc(NC(=O)/C(=C/c2ccco2)NC(=O)c2ccccc2)c1)C(=O)Nc1cc(C(=O)O)ccc1Cl. The van der Waals surface area contributed by atoms with E-state index in [0.29, 0.717) is 28.3 Å². The Balaban J connectivity index is 1.47. The van der Waals surface area contributed by atoms with Gasteiger partial charge in [0.15, 0.2) is 0 Å². The number of furan rings is 1. The van der Waals surface area contributed by atoms with E-state index in [-0.39, 0.29) is 27.9 Å². The molecule has 1 aromatic heterocycles. The second kappa shape index (κ2) is 14.2. The lowest BCUT2D eigenvalue weighted by molar-refractivity contribution is -0.116. The second-order valence-corrected chi connectivity index (χ2v) is 10.6. The van der Waals surface area contributed by atoms with E-state index in [0.717, 1.165) is 0 Å². The fourth-order valence-corrected chi connectivity index (χ4v) is 4.94. The number of carbonyl (C=O) groups is 4. The van der Waals surface area contributed by atoms with Gasteiger partial charge in [0.25, 0.3) is 11.8 Å². The highest BCUT2D eigenvalue weighted by Gasteiger charge is 2.21. The van der Waals surface area contributed by atoms with Crippen molar-refractivity contribution in [2.75, 3.05) is 10.6 Å². The average molecular weight is 604 g/mol. The van der Waals surface area contributed by atoms with Gasteiger partial charge in [0, 0.05) is 22.2 Å². The molecule has 0 saturated heterocycles. The van der Waals surface area contributed by atoms with Crippen molar-refractivity contribution in [3.8, 4) is 0 Å². The van der Waals surface area contributed by atoms with E-state index in [2.05, 4.69) is 16.0 Å². The maximum Gasteiger partial charge on any atom is 0.335 e. The van der Waals surface area contributed by atoms with E-state index in [9.17, 15) is 24.3 Å². The molecule has 0 aliphatic carbocycles. The summed E-state index contributed by atoms with van der Waals surface area (Å²) in [5, 5.41) is 17.1. The third kappa shape index (κ3) is 8.12. The van der Waals surface area contributed by atoms with Gasteiger partial charge < -0.3 is 25.5 Å². The zero-order chi connectivity index (χ0) is 30.1. The molecule has 0 saturated carbocycles. The van der Waals surface area contributed by atoms with Crippen LogP contribution in [0, 0.1) is 0 Å². The minimum Gasteiger partial charge on any atom is -0.478 e. The number of nitrogens with one attached hydrogen (secondary N) is 3. The molecule has 0 aliphatic heterocycles. The van der Waals surface area contributed by atoms with E-state index in [1.54, 1.807) is 66.7 Å². The van der Waals surface area contributed by atoms with Gasteiger partial charge in [0.2, 0.25) is 5.91 Å². The van der Waals surface area contributed by atoms with Crippen LogP contribution in [0.4, 0.5) is 11.4 Å². The summed E-state index contributed by atoms with van der Waals surface area (Å²) in [5.74, 6) is -2.14. The lowest BCUT2D eigenvalue weighted by Crippen LogP contribution is -2.30. The van der Waals surface area contributed by atoms with Gasteiger partial charge in [-0.15, -0.1) is 11.8 Å². The number of hydrogen-bond donors (Lipinski definition) is 4. The number of carbonyl (C=O) groups excluding carboxylic acids is 3. The molecule has 0 fully saturated rings. The van der Waals surface area contributed by atoms with Gasteiger partial charge in [-0.05, 0) is 67.1 Å². The highest BCUT2D eigenvalue weighted by Crippen LogP contribution is 2.30. The largest absolute Gasteiger partial charge is 0.478 e. The predicted octanol–water partition coefficient (Wildman–Crippen LogP) is 6.55. The van der Waals surface area contributed by atoms with Crippen molar-refractivity contribution >= 4 is 64.5 Å². The van der Waals surface area contributed by atoms with Gasteiger partial charge in [-0.2, -0.15) is 0 Å². The van der Waals surface area contributed by atoms with Gasteiger partial charge in [-0.25, -0.2) is 4.79 Å². The Bertz CT molecular complexity index is 1620. The zero-order valence-corrected chi connectivity index (χ0v) is 23.9. The predicted molar refractivity (Wildman–Crippen MR) is 163 cm³/mol. The quantitative estimate of drug-likeness (QED) is 0.113. The number of amides is 3. The molecule has 3 aromatic carbocycles. The Morgan fingerprint density at radius 1 is 0.929 bits per heavy atom. The van der Waals surface area contributed by atoms with Crippen LogP contribution in [0.3, 0.4) is 0 Å². The van der Waals surface area contributed by atoms with Crippen molar-refractivity contribution in [1.29, 1.82) is 0 Å². The van der Waals surface area contributed by atoms with Gasteiger partial charge in [0.1, 0.15) is 11.5 Å². The molecule has 1 atom stereocenters. The van der Waals surface area contributed by atoms with Crippen molar-refractivity contribution < 1.29 is 28.7 Å². The van der Waals surface area contributed by atoms with Crippen LogP contribution < -0.4 is 16.0 Å². The summed E-state index contributed by atoms with van der Waals surface area (Å²) in [5.41, 5.74) is 1.00. The zero-order valence-electron chi connectivity index (χ0n) is 22.3. The van der Waals surface area contributed by atoms with Crippen LogP contribution >= 0.6 is 23.4 Å². The molecule has 42 heavy (non-hydrogen) atoms. The number of rotatable bonds is 11. The Morgan fingerprint density at radius 3 is 2.40 bits per heavy atom. The molecule has 11 heteroatoms. The van der Waals surface area contributed by atoms with Crippen molar-refractivity contribution in [2.24, 2.45) is 0 Å². The topological polar surface area (TPSA) is 138 Å². The number of hydrogen-bond acceptors (Lipinski definition) is 6. The number of aromatic carboxylic acids is 1. The summed E-state index contributed by atoms with van der Waals surface area (Å²) in [6.45, 7) is 1.85. The third-order valence-electron chi connectivity index (χ3n) is 5.86. The molecule has 214 valence electrons. The van der Waals surface area contributed by atoms with Crippen molar-refractivity contribution in [2.45, 2.75) is 23.5 Å². The van der Waals surface area contributed by atoms with Crippen LogP contribution in [-0.2, 0) is 9.59 Å². The first-order chi connectivity index (χ1) is 20.2. The highest BCUT2D eigenvalue weighted by atomic mass is 35.5. The van der Waals surface area contributed by atoms with Crippen LogP contribution in [0.25, 0.3) is 6.08 Å². The fourth-order valence-electron chi connectivity index (χ4n) is 3.76. The second-order valence-electron chi connectivity index (χ2n) is 8.88. The molecule has 1 heterocycles. The standard InChI is InChI=1S/C31H26ClN3O6S/c1-2-27(30(38)34-25-16-20(31(39)40)13-14-24(25)32)42-23-12-6-10-21(17-23)33-29(37)26(18-22-11-7-15-41-22)35-28(36)19-8-4-3-5-9-19/h3-18,27H,2H2,1H3,(H,33,37)(H,34,38)(H,35,36)(H,39,40)/b26-18-. The van der Waals surface area contributed by atoms with Crippen LogP contribution in [0.2, 0.25) is 5.02 Å². The van der Waals surface area contributed by atoms with Gasteiger partial charge >= 0.3 is 5.97 Å². The molecular formula is C31H26ClN3O6S. The molecule has 1 unspecified atom stereocenters. The molecule has 4 rings (SSSR count). The monoisotopic (exact) mass is 603 g/mol. The first-order valence-electron chi connectivity index (χ1n) is 12.8. The van der Waals surface area contributed by atoms with Crippen molar-refractivity contribution in [3.05, 3.63) is 119 Å². The smallest absolute Gasteiger partial charge is 0.335 e. The number of anilines is 2. The van der Waals surface area contributed by atoms with E-state index in [4.69, 9.17) is 16.0 Å². The molecule has 9 nitrogen and oxygen atoms in total. The summed E-state index contributed by atoms with van der Waals surface area (Å²) < 4.78 is 5.33. The summed E-state index contributed by atoms with van der Waals surface area (Å²) >= 11 is 7.44. The molecular weight excluding hydrogens is 578 g/mol. The van der Waals surface area contributed by atoms with Gasteiger partial charge in [-0.1, -0.05) is 42.8 Å². The molecule has 4 aromatic rings. The number of carboxylic acid groups (broad SMARTS) is 1. The van der Waals surface area contributed by atoms with E-state index >= 15 is 0 Å². The molecule has 0 bridgehead atoms.